The van der Waals surface area contributed by atoms with Gasteiger partial charge < -0.3 is 15.3 Å². The highest BCUT2D eigenvalue weighted by atomic mass is 16.4. The molecule has 0 aliphatic carbocycles. The van der Waals surface area contributed by atoms with E-state index >= 15 is 0 Å². The van der Waals surface area contributed by atoms with Crippen LogP contribution >= 0.6 is 0 Å². The van der Waals surface area contributed by atoms with Gasteiger partial charge in [-0.25, -0.2) is 4.79 Å². The molecule has 0 saturated heterocycles. The van der Waals surface area contributed by atoms with Crippen LogP contribution in [-0.2, 0) is 9.59 Å². The topological polar surface area (TPSA) is 94.8 Å². The summed E-state index contributed by atoms with van der Waals surface area (Å²) < 4.78 is 0. The largest absolute Gasteiger partial charge is 0.481 e. The third-order valence-corrected chi connectivity index (χ3v) is 5.37. The zero-order valence-corrected chi connectivity index (χ0v) is 18.4. The molecule has 0 rings (SSSR count). The van der Waals surface area contributed by atoms with Gasteiger partial charge in [0, 0.05) is 12.2 Å². The highest BCUT2D eigenvalue weighted by Gasteiger charge is 2.19. The molecule has 0 spiro atoms. The van der Waals surface area contributed by atoms with E-state index in [0.29, 0.717) is 11.8 Å². The summed E-state index contributed by atoms with van der Waals surface area (Å²) >= 11 is 0. The predicted molar refractivity (Wildman–Crippen MR) is 113 cm³/mol. The normalized spacial score (nSPS) is 18.2. The van der Waals surface area contributed by atoms with Crippen LogP contribution in [0.3, 0.4) is 0 Å². The minimum atomic E-state index is -1.08. The summed E-state index contributed by atoms with van der Waals surface area (Å²) in [6.45, 7) is 12.3. The highest BCUT2D eigenvalue weighted by Crippen LogP contribution is 2.26. The maximum atomic E-state index is 11.4. The molecule has 28 heavy (non-hydrogen) atoms. The van der Waals surface area contributed by atoms with Gasteiger partial charge in [-0.15, -0.1) is 0 Å². The van der Waals surface area contributed by atoms with E-state index in [2.05, 4.69) is 27.7 Å². The lowest BCUT2D eigenvalue weighted by Crippen LogP contribution is -2.15. The molecule has 0 unspecified atom stereocenters. The molecule has 0 aromatic rings. The van der Waals surface area contributed by atoms with E-state index in [1.165, 1.54) is 19.8 Å². The summed E-state index contributed by atoms with van der Waals surface area (Å²) in [5, 5.41) is 28.1. The van der Waals surface area contributed by atoms with E-state index in [-0.39, 0.29) is 30.4 Å². The van der Waals surface area contributed by atoms with E-state index in [0.717, 1.165) is 18.4 Å². The van der Waals surface area contributed by atoms with Gasteiger partial charge >= 0.3 is 11.9 Å². The van der Waals surface area contributed by atoms with E-state index < -0.39 is 17.9 Å². The third-order valence-electron chi connectivity index (χ3n) is 5.37. The van der Waals surface area contributed by atoms with Crippen LogP contribution in [0.5, 0.6) is 0 Å². The van der Waals surface area contributed by atoms with Crippen LogP contribution in [0.25, 0.3) is 0 Å². The Bertz CT molecular complexity index is 549. The summed E-state index contributed by atoms with van der Waals surface area (Å²) in [6.07, 6.45) is 7.75. The van der Waals surface area contributed by atoms with Crippen molar-refractivity contribution in [2.45, 2.75) is 73.6 Å². The summed E-state index contributed by atoms with van der Waals surface area (Å²) in [4.78, 5) is 22.4. The number of aliphatic hydroxyl groups excluding tert-OH is 1. The number of carboxylic acid groups (broad SMARTS) is 2. The fourth-order valence-electron chi connectivity index (χ4n) is 3.75. The van der Waals surface area contributed by atoms with E-state index in [1.54, 1.807) is 6.08 Å². The van der Waals surface area contributed by atoms with E-state index in [4.69, 9.17) is 5.11 Å². The number of carboxylic acids is 2. The van der Waals surface area contributed by atoms with Crippen LogP contribution in [-0.4, -0.2) is 33.9 Å². The lowest BCUT2D eigenvalue weighted by atomic mass is 9.84. The van der Waals surface area contributed by atoms with Crippen molar-refractivity contribution < 1.29 is 24.9 Å². The highest BCUT2D eigenvalue weighted by molar-refractivity contribution is 5.88. The van der Waals surface area contributed by atoms with E-state index in [9.17, 15) is 19.8 Å². The Balaban J connectivity index is 4.96. The number of allylic oxidation sites excluding steroid dienone is 3. The average molecular weight is 397 g/mol. The zero-order chi connectivity index (χ0) is 21.9. The molecule has 0 aromatic carbocycles. The van der Waals surface area contributed by atoms with Crippen molar-refractivity contribution in [2.24, 2.45) is 29.6 Å². The molecule has 0 radical (unpaired) electrons. The molecule has 5 atom stereocenters. The van der Waals surface area contributed by atoms with Gasteiger partial charge in [0.2, 0.25) is 0 Å². The minimum absolute atomic E-state index is 0.00335. The lowest BCUT2D eigenvalue weighted by molar-refractivity contribution is -0.141. The molecule has 162 valence electrons. The van der Waals surface area contributed by atoms with Crippen molar-refractivity contribution in [1.29, 1.82) is 0 Å². The van der Waals surface area contributed by atoms with E-state index in [1.807, 2.05) is 13.0 Å². The fraction of sp³-hybridized carbons (Fsp3) is 0.739. The molecule has 0 aliphatic heterocycles. The molecular weight excluding hydrogens is 356 g/mol. The first-order valence-corrected chi connectivity index (χ1v) is 10.5. The summed E-state index contributed by atoms with van der Waals surface area (Å²) in [7, 11) is 0. The van der Waals surface area contributed by atoms with Gasteiger partial charge in [-0.1, -0.05) is 52.7 Å². The molecule has 0 saturated carbocycles. The van der Waals surface area contributed by atoms with Gasteiger partial charge in [0.05, 0.1) is 5.92 Å². The molecule has 0 fully saturated rings. The number of carbonyl (C=O) groups is 2. The Morgan fingerprint density at radius 1 is 0.964 bits per heavy atom. The van der Waals surface area contributed by atoms with Crippen LogP contribution < -0.4 is 0 Å². The SMILES string of the molecule is CC[C@H](C)C[C@@H](C)C[C@H](CO)C[C@@H](C)/C=C(C)/C=C(/C[C@@H](C)C(=O)O)C(=O)O. The van der Waals surface area contributed by atoms with Crippen LogP contribution in [0.15, 0.2) is 23.3 Å². The third kappa shape index (κ3) is 11.3. The molecular formula is C23H40O5. The molecule has 0 heterocycles. The molecule has 0 aliphatic rings. The predicted octanol–water partition coefficient (Wildman–Crippen LogP) is 5.15. The molecule has 0 aromatic heterocycles. The Labute approximate surface area is 170 Å². The second-order valence-electron chi connectivity index (χ2n) is 8.68. The number of hydrogen-bond donors (Lipinski definition) is 3. The Hall–Kier alpha value is -1.62. The van der Waals surface area contributed by atoms with Crippen LogP contribution in [0, 0.1) is 29.6 Å². The Morgan fingerprint density at radius 2 is 1.57 bits per heavy atom. The monoisotopic (exact) mass is 396 g/mol. The molecule has 5 heteroatoms. The van der Waals surface area contributed by atoms with Crippen LogP contribution in [0.4, 0.5) is 0 Å². The van der Waals surface area contributed by atoms with Crippen molar-refractivity contribution in [3.8, 4) is 0 Å². The zero-order valence-electron chi connectivity index (χ0n) is 18.4. The van der Waals surface area contributed by atoms with Crippen molar-refractivity contribution >= 4 is 11.9 Å². The molecule has 0 amide bonds. The maximum absolute atomic E-state index is 11.4. The van der Waals surface area contributed by atoms with Gasteiger partial charge in [0.25, 0.3) is 0 Å². The number of aliphatic carboxylic acids is 2. The first kappa shape index (κ1) is 26.4. The van der Waals surface area contributed by atoms with Gasteiger partial charge in [-0.3, -0.25) is 4.79 Å². The standard InChI is InChI=1S/C23H40O5/c1-7-15(2)8-16(3)10-20(14-24)11-17(4)9-18(5)12-21(23(27)28)13-19(6)22(25)26/h9,12,15-17,19-20,24H,7-8,10-11,13-14H2,1-6H3,(H,25,26)(H,27,28)/b18-9+,21-12-/t15-,16+,17-,19+,20-/m0/s1. The lowest BCUT2D eigenvalue weighted by Gasteiger charge is -2.23. The van der Waals surface area contributed by atoms with Crippen LogP contribution in [0.2, 0.25) is 0 Å². The number of aliphatic hydroxyl groups is 1. The van der Waals surface area contributed by atoms with Gasteiger partial charge in [-0.05, 0) is 62.4 Å². The second-order valence-corrected chi connectivity index (χ2v) is 8.68. The van der Waals surface area contributed by atoms with Crippen molar-refractivity contribution in [3.05, 3.63) is 23.3 Å². The van der Waals surface area contributed by atoms with Crippen molar-refractivity contribution in [2.75, 3.05) is 6.61 Å². The van der Waals surface area contributed by atoms with Gasteiger partial charge in [0.1, 0.15) is 0 Å². The first-order valence-electron chi connectivity index (χ1n) is 10.5. The van der Waals surface area contributed by atoms with Gasteiger partial charge in [0.15, 0.2) is 0 Å². The summed E-state index contributed by atoms with van der Waals surface area (Å²) in [5.41, 5.74) is 0.920. The molecule has 3 N–H and O–H groups in total. The Kier molecular flexibility index (Phi) is 12.8. The number of rotatable bonds is 14. The van der Waals surface area contributed by atoms with Gasteiger partial charge in [-0.2, -0.15) is 0 Å². The average Bonchev–Trinajstić information content (AvgIpc) is 2.59. The van der Waals surface area contributed by atoms with Crippen molar-refractivity contribution in [1.82, 2.24) is 0 Å². The molecule has 5 nitrogen and oxygen atoms in total. The summed E-state index contributed by atoms with van der Waals surface area (Å²) in [5.74, 6) is -1.12. The summed E-state index contributed by atoms with van der Waals surface area (Å²) in [6, 6.07) is 0. The quantitative estimate of drug-likeness (QED) is 0.279. The second kappa shape index (κ2) is 13.5. The fourth-order valence-corrected chi connectivity index (χ4v) is 3.75. The smallest absolute Gasteiger partial charge is 0.331 e. The minimum Gasteiger partial charge on any atom is -0.481 e. The maximum Gasteiger partial charge on any atom is 0.331 e. The number of hydrogen-bond acceptors (Lipinski definition) is 3. The Morgan fingerprint density at radius 3 is 2.04 bits per heavy atom. The van der Waals surface area contributed by atoms with Crippen molar-refractivity contribution in [3.63, 3.8) is 0 Å². The van der Waals surface area contributed by atoms with Crippen LogP contribution in [0.1, 0.15) is 73.6 Å². The molecule has 0 bridgehead atoms. The first-order chi connectivity index (χ1) is 13.0.